The van der Waals surface area contributed by atoms with Gasteiger partial charge in [-0.3, -0.25) is 20.4 Å². The fraction of sp³-hybridized carbons (Fsp3) is 0. The Morgan fingerprint density at radius 2 is 0.925 bits per heavy atom. The van der Waals surface area contributed by atoms with Gasteiger partial charge in [0.05, 0.1) is 26.1 Å². The van der Waals surface area contributed by atoms with Crippen LogP contribution in [0.4, 0.5) is 11.4 Å². The molecular weight excluding hydrogens is 782 g/mol. The smallest absolute Gasteiger partial charge is 0.744 e. The van der Waals surface area contributed by atoms with Gasteiger partial charge in [-0.2, -0.15) is 10.2 Å². The van der Waals surface area contributed by atoms with Gasteiger partial charge in [-0.05, 0) is 76.9 Å². The molecule has 0 saturated carbocycles. The van der Waals surface area contributed by atoms with Crippen LogP contribution in [-0.4, -0.2) is 61.9 Å². The van der Waals surface area contributed by atoms with E-state index in [1.807, 2.05) is 0 Å². The number of carbonyl (C=O) groups excluding carboxylic acids is 2. The molecule has 0 aromatic heterocycles. The van der Waals surface area contributed by atoms with Crippen LogP contribution in [0.5, 0.6) is 0 Å². The van der Waals surface area contributed by atoms with Crippen LogP contribution in [0.3, 0.4) is 0 Å². The van der Waals surface area contributed by atoms with Crippen molar-refractivity contribution in [1.29, 1.82) is 0 Å². The van der Waals surface area contributed by atoms with Crippen molar-refractivity contribution in [2.24, 2.45) is 10.2 Å². The maximum Gasteiger partial charge on any atom is 1.00 e. The summed E-state index contributed by atoms with van der Waals surface area (Å²) in [6, 6.07) is 18.6. The van der Waals surface area contributed by atoms with Crippen LogP contribution in [0.2, 0.25) is 0 Å². The van der Waals surface area contributed by atoms with Crippen molar-refractivity contribution in [3.05, 3.63) is 113 Å². The van der Waals surface area contributed by atoms with E-state index in [0.29, 0.717) is 23.0 Å². The number of ketones is 2. The van der Waals surface area contributed by atoms with Crippen molar-refractivity contribution >= 4 is 76.9 Å². The van der Waals surface area contributed by atoms with Gasteiger partial charge in [-0.15, -0.1) is 0 Å². The number of hydrogen-bond donors (Lipinski definition) is 2. The van der Waals surface area contributed by atoms with Gasteiger partial charge in [0, 0.05) is 11.1 Å². The van der Waals surface area contributed by atoms with E-state index in [1.165, 1.54) is 18.2 Å². The number of carbonyl (C=O) groups is 2. The number of fused-ring (bicyclic) bond motifs is 2. The zero-order valence-corrected chi connectivity index (χ0v) is 36.4. The number of anilines is 2. The molecule has 0 unspecified atom stereocenters. The third-order valence-corrected chi connectivity index (χ3v) is 10.0. The van der Waals surface area contributed by atoms with Gasteiger partial charge in [0.25, 0.3) is 0 Å². The monoisotopic (exact) mass is 800 g/mol. The van der Waals surface area contributed by atoms with Crippen molar-refractivity contribution in [2.45, 2.75) is 14.7 Å². The van der Waals surface area contributed by atoms with Crippen molar-refractivity contribution in [3.8, 4) is 11.1 Å². The van der Waals surface area contributed by atoms with E-state index in [4.69, 9.17) is 0 Å². The predicted molar refractivity (Wildman–Crippen MR) is 177 cm³/mol. The minimum absolute atomic E-state index is 0. The average molecular weight is 801 g/mol. The molecule has 15 nitrogen and oxygen atoms in total. The SMILES string of the molecule is O=C1C=Cc2cccc(S(=O)(=O)[O-])c2/C1=N/Nc1ccc(-c2ccc(N/N=C3\C(=O)C=Cc4cc(S(=O)(=O)[O-])cc(S(=O)(=O)[O-])c43)cc2)cc1.[Na+].[Na+].[Na+]. The Kier molecular flexibility index (Phi) is 14.7. The minimum Gasteiger partial charge on any atom is -0.744 e. The quantitative estimate of drug-likeness (QED) is 0.0958. The molecule has 0 heterocycles. The van der Waals surface area contributed by atoms with E-state index in [1.54, 1.807) is 54.6 Å². The van der Waals surface area contributed by atoms with Gasteiger partial charge in [0.2, 0.25) is 11.6 Å². The predicted octanol–water partition coefficient (Wildman–Crippen LogP) is -6.10. The molecule has 2 aliphatic carbocycles. The van der Waals surface area contributed by atoms with Gasteiger partial charge < -0.3 is 13.7 Å². The van der Waals surface area contributed by atoms with Crippen LogP contribution >= 0.6 is 0 Å². The first-order valence-corrected chi connectivity index (χ1v) is 18.3. The Morgan fingerprint density at radius 3 is 1.36 bits per heavy atom. The number of allylic oxidation sites excluding steroid dienone is 2. The molecule has 2 aliphatic rings. The minimum atomic E-state index is -5.35. The second kappa shape index (κ2) is 17.4. The largest absolute Gasteiger partial charge is 1.00 e. The van der Waals surface area contributed by atoms with Gasteiger partial charge in [-0.1, -0.05) is 48.6 Å². The van der Waals surface area contributed by atoms with E-state index < -0.39 is 67.9 Å². The average Bonchev–Trinajstić information content (AvgIpc) is 3.06. The van der Waals surface area contributed by atoms with Gasteiger partial charge in [-0.25, -0.2) is 25.3 Å². The molecule has 0 aliphatic heterocycles. The van der Waals surface area contributed by atoms with E-state index in [9.17, 15) is 48.5 Å². The molecule has 6 rings (SSSR count). The molecule has 4 aromatic carbocycles. The van der Waals surface area contributed by atoms with Crippen LogP contribution < -0.4 is 99.5 Å². The molecule has 254 valence electrons. The first kappa shape index (κ1) is 44.8. The molecule has 4 aromatic rings. The number of rotatable bonds is 8. The van der Waals surface area contributed by atoms with Gasteiger partial charge >= 0.3 is 88.7 Å². The summed E-state index contributed by atoms with van der Waals surface area (Å²) in [5.74, 6) is -1.38. The summed E-state index contributed by atoms with van der Waals surface area (Å²) in [6.45, 7) is 0. The Hall–Kier alpha value is -2.63. The summed E-state index contributed by atoms with van der Waals surface area (Å²) in [6.07, 6.45) is 4.68. The topological polar surface area (TPSA) is 255 Å². The van der Waals surface area contributed by atoms with E-state index in [0.717, 1.165) is 35.4 Å². The number of hydrazone groups is 2. The Bertz CT molecular complexity index is 2590. The second-order valence-corrected chi connectivity index (χ2v) is 14.7. The molecule has 0 amide bonds. The summed E-state index contributed by atoms with van der Waals surface area (Å²) < 4.78 is 106. The standard InChI is InChI=1S/C32H22N4O11S3.3Na/c37-25-14-8-20-2-1-3-27(49(42,43)44)29(20)31(25)35-33-22-10-4-18(5-11-22)19-6-12-23(13-7-19)34-36-32-26(38)15-9-21-16-24(48(39,40)41)17-28(30(21)32)50(45,46)47;;;/h1-17,33-34H,(H,39,40,41)(H,42,43,44)(H,45,46,47);;;/q;3*+1/p-3/b35-31+,36-32+;;;. The summed E-state index contributed by atoms with van der Waals surface area (Å²) in [4.78, 5) is 22.6. The molecule has 0 fully saturated rings. The number of hydrogen-bond acceptors (Lipinski definition) is 15. The Morgan fingerprint density at radius 1 is 0.491 bits per heavy atom. The van der Waals surface area contributed by atoms with E-state index >= 15 is 0 Å². The maximum absolute atomic E-state index is 12.7. The van der Waals surface area contributed by atoms with Crippen molar-refractivity contribution in [1.82, 2.24) is 0 Å². The molecule has 0 bridgehead atoms. The number of benzene rings is 4. The molecule has 21 heteroatoms. The van der Waals surface area contributed by atoms with Gasteiger partial charge in [0.15, 0.2) is 0 Å². The first-order valence-electron chi connectivity index (χ1n) is 14.0. The van der Waals surface area contributed by atoms with Crippen LogP contribution in [0.15, 0.2) is 116 Å². The Labute approximate surface area is 369 Å². The maximum atomic E-state index is 12.7. The Balaban J connectivity index is 0.00000252. The zero-order chi connectivity index (χ0) is 36.0. The summed E-state index contributed by atoms with van der Waals surface area (Å²) >= 11 is 0. The molecule has 0 atom stereocenters. The van der Waals surface area contributed by atoms with Crippen molar-refractivity contribution in [3.63, 3.8) is 0 Å². The van der Waals surface area contributed by atoms with E-state index in [-0.39, 0.29) is 106 Å². The molecule has 0 saturated heterocycles. The summed E-state index contributed by atoms with van der Waals surface area (Å²) in [5.41, 5.74) is 6.45. The first-order chi connectivity index (χ1) is 23.5. The van der Waals surface area contributed by atoms with Crippen LogP contribution in [-0.2, 0) is 39.9 Å². The third-order valence-electron chi connectivity index (χ3n) is 7.46. The van der Waals surface area contributed by atoms with Crippen LogP contribution in [0.25, 0.3) is 23.3 Å². The third kappa shape index (κ3) is 9.98. The zero-order valence-electron chi connectivity index (χ0n) is 27.9. The van der Waals surface area contributed by atoms with E-state index in [2.05, 4.69) is 21.1 Å². The molecule has 0 spiro atoms. The van der Waals surface area contributed by atoms with Crippen LogP contribution in [0, 0.1) is 0 Å². The molecular formula is C32H19N4Na3O11S3. The van der Waals surface area contributed by atoms with Crippen molar-refractivity contribution < 1.29 is 137 Å². The number of nitrogens with zero attached hydrogens (tertiary/aromatic N) is 2. The second-order valence-electron chi connectivity index (χ2n) is 10.7. The molecule has 0 radical (unpaired) electrons. The summed E-state index contributed by atoms with van der Waals surface area (Å²) in [5, 5.41) is 8.09. The fourth-order valence-electron chi connectivity index (χ4n) is 5.16. The number of nitrogens with one attached hydrogen (secondary N) is 2. The molecule has 2 N–H and O–H groups in total. The van der Waals surface area contributed by atoms with Crippen LogP contribution in [0.1, 0.15) is 22.3 Å². The normalized spacial score (nSPS) is 15.1. The van der Waals surface area contributed by atoms with Crippen molar-refractivity contribution in [2.75, 3.05) is 10.9 Å². The fourth-order valence-corrected chi connectivity index (χ4v) is 7.21. The summed E-state index contributed by atoms with van der Waals surface area (Å²) in [7, 11) is -15.4. The van der Waals surface area contributed by atoms with Gasteiger partial charge in [0.1, 0.15) is 41.8 Å². The molecule has 53 heavy (non-hydrogen) atoms.